The maximum atomic E-state index is 12.4. The molecule has 0 bridgehead atoms. The number of anilines is 2. The van der Waals surface area contributed by atoms with E-state index in [0.717, 1.165) is 83.5 Å². The van der Waals surface area contributed by atoms with Crippen molar-refractivity contribution in [2.75, 3.05) is 89.3 Å². The molecule has 0 radical (unpaired) electrons. The number of carbonyl (C=O) groups is 1. The van der Waals surface area contributed by atoms with Crippen LogP contribution in [0, 0.1) is 0 Å². The lowest BCUT2D eigenvalue weighted by molar-refractivity contribution is 0.0133. The molecule has 3 aliphatic heterocycles. The predicted octanol–water partition coefficient (Wildman–Crippen LogP) is 3.42. The summed E-state index contributed by atoms with van der Waals surface area (Å²) in [5.74, 6) is 0.976. The second kappa shape index (κ2) is 13.7. The van der Waals surface area contributed by atoms with E-state index in [1.54, 1.807) is 6.07 Å². The van der Waals surface area contributed by atoms with Gasteiger partial charge in [-0.1, -0.05) is 12.1 Å². The minimum atomic E-state index is -0.447. The summed E-state index contributed by atoms with van der Waals surface area (Å²) in [7, 11) is 1.88. The Labute approximate surface area is 256 Å². The Kier molecular flexibility index (Phi) is 9.93. The lowest BCUT2D eigenvalue weighted by Gasteiger charge is -2.46. The molecule has 1 aromatic heterocycles. The number of hydrogen-bond acceptors (Lipinski definition) is 10. The zero-order valence-corrected chi connectivity index (χ0v) is 26.6. The van der Waals surface area contributed by atoms with Crippen LogP contribution in [0.2, 0.25) is 0 Å². The predicted molar refractivity (Wildman–Crippen MR) is 171 cm³/mol. The number of nitrogens with one attached hydrogen (secondary N) is 1. The first-order valence-electron chi connectivity index (χ1n) is 15.9. The fourth-order valence-corrected chi connectivity index (χ4v) is 6.55. The molecule has 5 rings (SSSR count). The van der Waals surface area contributed by atoms with Crippen molar-refractivity contribution in [1.82, 2.24) is 29.8 Å². The van der Waals surface area contributed by atoms with Crippen LogP contribution in [0.25, 0.3) is 11.3 Å². The van der Waals surface area contributed by atoms with E-state index in [2.05, 4.69) is 48.1 Å². The van der Waals surface area contributed by atoms with Crippen LogP contribution in [-0.4, -0.2) is 138 Å². The number of aromatic hydroxyl groups is 1. The SMILES string of the molecule is CNc1nnc(-c2ccccc2O)cc1N1CCN(C2CCN(CCN3CCN(C(=O)OC(C)(C)C)CC3)CC2)C[C@@H]1C. The van der Waals surface area contributed by atoms with Crippen molar-refractivity contribution in [2.24, 2.45) is 0 Å². The van der Waals surface area contributed by atoms with Gasteiger partial charge in [-0.2, -0.15) is 0 Å². The summed E-state index contributed by atoms with van der Waals surface area (Å²) in [6.45, 7) is 18.7. The van der Waals surface area contributed by atoms with Crippen LogP contribution in [0.1, 0.15) is 40.5 Å². The number of piperidine rings is 1. The minimum Gasteiger partial charge on any atom is -0.507 e. The monoisotopic (exact) mass is 594 g/mol. The lowest BCUT2D eigenvalue weighted by Crippen LogP contribution is -2.57. The van der Waals surface area contributed by atoms with E-state index in [0.29, 0.717) is 23.3 Å². The third-order valence-corrected chi connectivity index (χ3v) is 8.99. The second-order valence-corrected chi connectivity index (χ2v) is 13.1. The normalized spacial score (nSPS) is 21.7. The highest BCUT2D eigenvalue weighted by Crippen LogP contribution is 2.34. The van der Waals surface area contributed by atoms with E-state index in [1.165, 1.54) is 12.8 Å². The van der Waals surface area contributed by atoms with E-state index >= 15 is 0 Å². The molecule has 2 aromatic rings. The molecule has 1 atom stereocenters. The van der Waals surface area contributed by atoms with Crippen LogP contribution in [0.15, 0.2) is 30.3 Å². The molecule has 2 N–H and O–H groups in total. The number of carbonyl (C=O) groups excluding carboxylic acids is 1. The number of hydrogen-bond donors (Lipinski definition) is 2. The first-order valence-corrected chi connectivity index (χ1v) is 15.9. The smallest absolute Gasteiger partial charge is 0.410 e. The standard InChI is InChI=1S/C32H50N8O3/c1-24-23-39(20-21-40(24)28-22-27(34-35-30(28)33-5)26-8-6-7-9-29(26)41)25-10-12-36(13-11-25)14-15-37-16-18-38(19-17-37)31(42)43-32(2,3)4/h6-9,22,24-25,41H,10-21,23H2,1-5H3,(H,33,35)/t24-/m0/s1. The van der Waals surface area contributed by atoms with Gasteiger partial charge in [0.25, 0.3) is 0 Å². The number of aromatic nitrogens is 2. The molecule has 3 fully saturated rings. The number of para-hydroxylation sites is 1. The lowest BCUT2D eigenvalue weighted by atomic mass is 10.0. The topological polar surface area (TPSA) is 101 Å². The summed E-state index contributed by atoms with van der Waals surface area (Å²) in [6.07, 6.45) is 2.21. The zero-order chi connectivity index (χ0) is 30.6. The Morgan fingerprint density at radius 1 is 0.977 bits per heavy atom. The number of phenolic OH excluding ortho intramolecular Hbond substituents is 1. The Hall–Kier alpha value is -3.15. The van der Waals surface area contributed by atoms with Gasteiger partial charge in [-0.25, -0.2) is 4.79 Å². The molecule has 1 aromatic carbocycles. The van der Waals surface area contributed by atoms with Crippen LogP contribution in [0.5, 0.6) is 5.75 Å². The summed E-state index contributed by atoms with van der Waals surface area (Å²) in [5.41, 5.74) is 1.96. The number of piperazine rings is 2. The maximum absolute atomic E-state index is 12.4. The van der Waals surface area contributed by atoms with Crippen molar-refractivity contribution in [2.45, 2.75) is 58.2 Å². The summed E-state index contributed by atoms with van der Waals surface area (Å²) in [4.78, 5) is 24.4. The molecule has 236 valence electrons. The highest BCUT2D eigenvalue weighted by Gasteiger charge is 2.32. The van der Waals surface area contributed by atoms with Gasteiger partial charge < -0.3 is 29.9 Å². The number of amides is 1. The fourth-order valence-electron chi connectivity index (χ4n) is 6.55. The van der Waals surface area contributed by atoms with E-state index in [9.17, 15) is 9.90 Å². The summed E-state index contributed by atoms with van der Waals surface area (Å²) in [6, 6.07) is 10.3. The molecule has 0 spiro atoms. The summed E-state index contributed by atoms with van der Waals surface area (Å²) < 4.78 is 5.54. The molecule has 0 unspecified atom stereocenters. The van der Waals surface area contributed by atoms with E-state index < -0.39 is 5.60 Å². The molecule has 1 amide bonds. The van der Waals surface area contributed by atoms with E-state index in [1.807, 2.05) is 50.9 Å². The van der Waals surface area contributed by atoms with Crippen molar-refractivity contribution in [3.63, 3.8) is 0 Å². The molecule has 3 aliphatic rings. The third kappa shape index (κ3) is 7.87. The number of rotatable bonds is 7. The minimum absolute atomic E-state index is 0.193. The van der Waals surface area contributed by atoms with Gasteiger partial charge in [0.05, 0.1) is 11.4 Å². The second-order valence-electron chi connectivity index (χ2n) is 13.1. The molecule has 4 heterocycles. The Bertz CT molecular complexity index is 1220. The van der Waals surface area contributed by atoms with Crippen LogP contribution in [0.3, 0.4) is 0 Å². The average Bonchev–Trinajstić information content (AvgIpc) is 2.99. The van der Waals surface area contributed by atoms with Crippen molar-refractivity contribution < 1.29 is 14.6 Å². The van der Waals surface area contributed by atoms with Crippen LogP contribution in [0.4, 0.5) is 16.3 Å². The first kappa shape index (κ1) is 31.3. The Balaban J connectivity index is 1.07. The summed E-state index contributed by atoms with van der Waals surface area (Å²) in [5, 5.41) is 22.4. The molecule has 43 heavy (non-hydrogen) atoms. The van der Waals surface area contributed by atoms with Gasteiger partial charge in [0, 0.05) is 83.6 Å². The molecule has 0 aliphatic carbocycles. The first-order chi connectivity index (χ1) is 20.6. The third-order valence-electron chi connectivity index (χ3n) is 8.99. The Morgan fingerprint density at radius 2 is 1.65 bits per heavy atom. The van der Waals surface area contributed by atoms with Crippen LogP contribution in [-0.2, 0) is 4.74 Å². The van der Waals surface area contributed by atoms with Crippen molar-refractivity contribution in [3.8, 4) is 17.0 Å². The van der Waals surface area contributed by atoms with Gasteiger partial charge in [-0.15, -0.1) is 10.2 Å². The largest absolute Gasteiger partial charge is 0.507 e. The highest BCUT2D eigenvalue weighted by atomic mass is 16.6. The van der Waals surface area contributed by atoms with Gasteiger partial charge in [-0.3, -0.25) is 9.80 Å². The van der Waals surface area contributed by atoms with Crippen LogP contribution >= 0.6 is 0 Å². The number of likely N-dealkylation sites (tertiary alicyclic amines) is 1. The molecule has 11 nitrogen and oxygen atoms in total. The highest BCUT2D eigenvalue weighted by molar-refractivity contribution is 5.75. The Morgan fingerprint density at radius 3 is 2.28 bits per heavy atom. The van der Waals surface area contributed by atoms with Crippen LogP contribution < -0.4 is 10.2 Å². The fraction of sp³-hybridized carbons (Fsp3) is 0.656. The van der Waals surface area contributed by atoms with Crippen molar-refractivity contribution >= 4 is 17.6 Å². The van der Waals surface area contributed by atoms with E-state index in [-0.39, 0.29) is 11.8 Å². The number of phenols is 1. The molecular formula is C32H50N8O3. The van der Waals surface area contributed by atoms with E-state index in [4.69, 9.17) is 4.74 Å². The van der Waals surface area contributed by atoms with Gasteiger partial charge in [-0.05, 0) is 71.8 Å². The number of ether oxygens (including phenoxy) is 1. The number of nitrogens with zero attached hydrogens (tertiary/aromatic N) is 7. The maximum Gasteiger partial charge on any atom is 0.410 e. The number of benzene rings is 1. The summed E-state index contributed by atoms with van der Waals surface area (Å²) >= 11 is 0. The quantitative estimate of drug-likeness (QED) is 0.496. The van der Waals surface area contributed by atoms with Gasteiger partial charge >= 0.3 is 6.09 Å². The van der Waals surface area contributed by atoms with Crippen molar-refractivity contribution in [1.29, 1.82) is 0 Å². The van der Waals surface area contributed by atoms with Gasteiger partial charge in [0.15, 0.2) is 5.82 Å². The van der Waals surface area contributed by atoms with Gasteiger partial charge in [0.2, 0.25) is 0 Å². The molecular weight excluding hydrogens is 544 g/mol. The molecule has 3 saturated heterocycles. The molecule has 11 heteroatoms. The van der Waals surface area contributed by atoms with Crippen molar-refractivity contribution in [3.05, 3.63) is 30.3 Å². The zero-order valence-electron chi connectivity index (χ0n) is 26.6. The average molecular weight is 595 g/mol. The van der Waals surface area contributed by atoms with Gasteiger partial charge in [0.1, 0.15) is 11.4 Å². The molecule has 0 saturated carbocycles.